The minimum atomic E-state index is 0.696. The molecule has 4 heteroatoms. The second-order valence-electron chi connectivity index (χ2n) is 3.19. The van der Waals surface area contributed by atoms with Crippen LogP contribution in [-0.4, -0.2) is 23.1 Å². The fraction of sp³-hybridized carbons (Fsp3) is 0.600. The molecule has 0 spiro atoms. The molecule has 0 unspecified atom stereocenters. The molecule has 0 bridgehead atoms. The molecule has 1 rings (SSSR count). The van der Waals surface area contributed by atoms with E-state index < -0.39 is 0 Å². The maximum absolute atomic E-state index is 5.39. The highest BCUT2D eigenvalue weighted by atomic mass is 15.1. The van der Waals surface area contributed by atoms with Crippen LogP contribution in [0.3, 0.4) is 0 Å². The van der Waals surface area contributed by atoms with Crippen LogP contribution in [-0.2, 0) is 6.42 Å². The molecule has 0 atom stereocenters. The third-order valence-electron chi connectivity index (χ3n) is 1.88. The average molecular weight is 194 g/mol. The van der Waals surface area contributed by atoms with Crippen LogP contribution >= 0.6 is 0 Å². The Morgan fingerprint density at radius 3 is 3.07 bits per heavy atom. The first-order valence-corrected chi connectivity index (χ1v) is 5.12. The summed E-state index contributed by atoms with van der Waals surface area (Å²) in [4.78, 5) is 8.50. The third-order valence-corrected chi connectivity index (χ3v) is 1.88. The van der Waals surface area contributed by atoms with E-state index >= 15 is 0 Å². The van der Waals surface area contributed by atoms with Gasteiger partial charge in [0.05, 0.1) is 0 Å². The molecule has 0 aliphatic carbocycles. The Kier molecular flexibility index (Phi) is 4.93. The lowest BCUT2D eigenvalue weighted by molar-refractivity contribution is 0.845. The summed E-state index contributed by atoms with van der Waals surface area (Å²) >= 11 is 0. The fourth-order valence-corrected chi connectivity index (χ4v) is 1.18. The van der Waals surface area contributed by atoms with Gasteiger partial charge in [0.15, 0.2) is 0 Å². The van der Waals surface area contributed by atoms with Crippen LogP contribution < -0.4 is 11.1 Å². The number of nitrogens with zero attached hydrogens (tertiary/aromatic N) is 2. The number of nitrogens with two attached hydrogens (primary N) is 1. The summed E-state index contributed by atoms with van der Waals surface area (Å²) < 4.78 is 0. The van der Waals surface area contributed by atoms with E-state index in [2.05, 4.69) is 22.2 Å². The topological polar surface area (TPSA) is 63.8 Å². The van der Waals surface area contributed by atoms with Gasteiger partial charge in [-0.2, -0.15) is 0 Å². The van der Waals surface area contributed by atoms with Gasteiger partial charge in [-0.05, 0) is 25.5 Å². The summed E-state index contributed by atoms with van der Waals surface area (Å²) in [5.74, 6) is 0.712. The minimum absolute atomic E-state index is 0.696. The Morgan fingerprint density at radius 1 is 1.50 bits per heavy atom. The molecule has 0 fully saturated rings. The van der Waals surface area contributed by atoms with E-state index in [-0.39, 0.29) is 0 Å². The molecule has 14 heavy (non-hydrogen) atoms. The van der Waals surface area contributed by atoms with Gasteiger partial charge in [0.1, 0.15) is 0 Å². The molecule has 0 saturated heterocycles. The van der Waals surface area contributed by atoms with E-state index in [1.165, 1.54) is 0 Å². The molecule has 0 radical (unpaired) electrons. The zero-order valence-electron chi connectivity index (χ0n) is 8.66. The summed E-state index contributed by atoms with van der Waals surface area (Å²) in [5, 5.41) is 3.14. The SMILES string of the molecule is CCCc1ccnc(NCCCN)n1. The van der Waals surface area contributed by atoms with E-state index in [9.17, 15) is 0 Å². The summed E-state index contributed by atoms with van der Waals surface area (Å²) in [6, 6.07) is 1.96. The lowest BCUT2D eigenvalue weighted by Gasteiger charge is -2.04. The number of hydrogen-bond donors (Lipinski definition) is 2. The predicted molar refractivity (Wildman–Crippen MR) is 58.2 cm³/mol. The summed E-state index contributed by atoms with van der Waals surface area (Å²) in [5.41, 5.74) is 6.48. The standard InChI is InChI=1S/C10H18N4/c1-2-4-9-5-8-13-10(14-9)12-7-3-6-11/h5,8H,2-4,6-7,11H2,1H3,(H,12,13,14). The Balaban J connectivity index is 2.46. The monoisotopic (exact) mass is 194 g/mol. The average Bonchev–Trinajstić information content (AvgIpc) is 2.19. The van der Waals surface area contributed by atoms with Gasteiger partial charge in [0.25, 0.3) is 0 Å². The molecule has 0 amide bonds. The van der Waals surface area contributed by atoms with Crippen molar-refractivity contribution >= 4 is 5.95 Å². The van der Waals surface area contributed by atoms with Crippen LogP contribution in [0.2, 0.25) is 0 Å². The highest BCUT2D eigenvalue weighted by molar-refractivity contribution is 5.24. The largest absolute Gasteiger partial charge is 0.354 e. The normalized spacial score (nSPS) is 10.1. The maximum Gasteiger partial charge on any atom is 0.222 e. The van der Waals surface area contributed by atoms with Gasteiger partial charge in [0, 0.05) is 18.4 Å². The van der Waals surface area contributed by atoms with E-state index in [1.807, 2.05) is 6.07 Å². The second kappa shape index (κ2) is 6.32. The molecule has 78 valence electrons. The van der Waals surface area contributed by atoms with Gasteiger partial charge in [-0.3, -0.25) is 0 Å². The summed E-state index contributed by atoms with van der Waals surface area (Å²) in [6.07, 6.45) is 4.86. The van der Waals surface area contributed by atoms with E-state index in [0.717, 1.165) is 31.5 Å². The highest BCUT2D eigenvalue weighted by Gasteiger charge is 1.96. The number of aromatic nitrogens is 2. The first-order valence-electron chi connectivity index (χ1n) is 5.12. The van der Waals surface area contributed by atoms with Crippen LogP contribution in [0.4, 0.5) is 5.95 Å². The molecule has 0 saturated carbocycles. The molecule has 1 heterocycles. The quantitative estimate of drug-likeness (QED) is 0.668. The summed E-state index contributed by atoms with van der Waals surface area (Å²) in [6.45, 7) is 3.68. The number of rotatable bonds is 6. The molecule has 0 aromatic carbocycles. The van der Waals surface area contributed by atoms with Crippen LogP contribution in [0.5, 0.6) is 0 Å². The van der Waals surface area contributed by atoms with Crippen LogP contribution in [0.15, 0.2) is 12.3 Å². The number of nitrogens with one attached hydrogen (secondary N) is 1. The zero-order chi connectivity index (χ0) is 10.2. The van der Waals surface area contributed by atoms with Crippen molar-refractivity contribution in [1.29, 1.82) is 0 Å². The van der Waals surface area contributed by atoms with E-state index in [1.54, 1.807) is 6.20 Å². The van der Waals surface area contributed by atoms with Crippen molar-refractivity contribution in [1.82, 2.24) is 9.97 Å². The van der Waals surface area contributed by atoms with Gasteiger partial charge in [0.2, 0.25) is 5.95 Å². The first kappa shape index (κ1) is 10.9. The molecule has 0 aliphatic heterocycles. The maximum atomic E-state index is 5.39. The van der Waals surface area contributed by atoms with Gasteiger partial charge >= 0.3 is 0 Å². The van der Waals surface area contributed by atoms with Crippen molar-refractivity contribution in [3.8, 4) is 0 Å². The summed E-state index contributed by atoms with van der Waals surface area (Å²) in [7, 11) is 0. The molecule has 1 aromatic rings. The van der Waals surface area contributed by atoms with Crippen molar-refractivity contribution in [2.75, 3.05) is 18.4 Å². The number of anilines is 1. The van der Waals surface area contributed by atoms with Gasteiger partial charge in [-0.1, -0.05) is 13.3 Å². The Labute approximate surface area is 85.0 Å². The van der Waals surface area contributed by atoms with Gasteiger partial charge < -0.3 is 11.1 Å². The second-order valence-corrected chi connectivity index (χ2v) is 3.19. The molecular formula is C10H18N4. The van der Waals surface area contributed by atoms with E-state index in [0.29, 0.717) is 12.5 Å². The first-order chi connectivity index (χ1) is 6.86. The van der Waals surface area contributed by atoms with Crippen molar-refractivity contribution in [2.24, 2.45) is 5.73 Å². The molecule has 3 N–H and O–H groups in total. The number of aryl methyl sites for hydroxylation is 1. The third kappa shape index (κ3) is 3.70. The van der Waals surface area contributed by atoms with Gasteiger partial charge in [-0.25, -0.2) is 9.97 Å². The van der Waals surface area contributed by atoms with Crippen LogP contribution in [0.25, 0.3) is 0 Å². The van der Waals surface area contributed by atoms with Crippen LogP contribution in [0, 0.1) is 0 Å². The van der Waals surface area contributed by atoms with Crippen molar-refractivity contribution in [2.45, 2.75) is 26.2 Å². The van der Waals surface area contributed by atoms with Crippen LogP contribution in [0.1, 0.15) is 25.5 Å². The lowest BCUT2D eigenvalue weighted by atomic mass is 10.2. The lowest BCUT2D eigenvalue weighted by Crippen LogP contribution is -2.10. The molecule has 1 aromatic heterocycles. The molecule has 0 aliphatic rings. The Bertz CT molecular complexity index is 262. The van der Waals surface area contributed by atoms with E-state index in [4.69, 9.17) is 5.73 Å². The zero-order valence-corrected chi connectivity index (χ0v) is 8.66. The Morgan fingerprint density at radius 2 is 2.36 bits per heavy atom. The smallest absolute Gasteiger partial charge is 0.222 e. The number of hydrogen-bond acceptors (Lipinski definition) is 4. The van der Waals surface area contributed by atoms with Crippen molar-refractivity contribution in [3.05, 3.63) is 18.0 Å². The molecule has 4 nitrogen and oxygen atoms in total. The van der Waals surface area contributed by atoms with Gasteiger partial charge in [-0.15, -0.1) is 0 Å². The Hall–Kier alpha value is -1.16. The fourth-order valence-electron chi connectivity index (χ4n) is 1.18. The minimum Gasteiger partial charge on any atom is -0.354 e. The highest BCUT2D eigenvalue weighted by Crippen LogP contribution is 2.02. The predicted octanol–water partition coefficient (Wildman–Crippen LogP) is 1.19. The van der Waals surface area contributed by atoms with Crippen molar-refractivity contribution in [3.63, 3.8) is 0 Å². The van der Waals surface area contributed by atoms with Crippen molar-refractivity contribution < 1.29 is 0 Å². The molecular weight excluding hydrogens is 176 g/mol.